The van der Waals surface area contributed by atoms with Crippen LogP contribution >= 0.6 is 0 Å². The molecule has 0 heterocycles. The van der Waals surface area contributed by atoms with Crippen LogP contribution in [-0.2, 0) is 16.1 Å². The lowest BCUT2D eigenvalue weighted by atomic mass is 10.1. The monoisotopic (exact) mass is 217 g/mol. The predicted octanol–water partition coefficient (Wildman–Crippen LogP) is 2.59. The van der Waals surface area contributed by atoms with Crippen molar-refractivity contribution in [2.24, 2.45) is 5.92 Å². The van der Waals surface area contributed by atoms with Gasteiger partial charge >= 0.3 is 5.97 Å². The standard InChI is InChI=1S/C13H15NO2/c1-10-3-5-12(6-4-10)9-16-13(15)7-11(2)8-14/h3-6,11H,7,9H2,1-2H3. The van der Waals surface area contributed by atoms with Gasteiger partial charge in [0.25, 0.3) is 0 Å². The molecule has 1 unspecified atom stereocenters. The van der Waals surface area contributed by atoms with Crippen LogP contribution in [0.1, 0.15) is 24.5 Å². The summed E-state index contributed by atoms with van der Waals surface area (Å²) in [5.41, 5.74) is 2.14. The fourth-order valence-corrected chi connectivity index (χ4v) is 1.20. The molecule has 0 spiro atoms. The van der Waals surface area contributed by atoms with Crippen molar-refractivity contribution in [1.82, 2.24) is 0 Å². The third kappa shape index (κ3) is 4.14. The SMILES string of the molecule is Cc1ccc(COC(=O)CC(C)C#N)cc1. The van der Waals surface area contributed by atoms with E-state index in [1.54, 1.807) is 6.92 Å². The molecule has 84 valence electrons. The minimum absolute atomic E-state index is 0.155. The minimum Gasteiger partial charge on any atom is -0.461 e. The van der Waals surface area contributed by atoms with E-state index in [4.69, 9.17) is 10.00 Å². The maximum absolute atomic E-state index is 11.3. The summed E-state index contributed by atoms with van der Waals surface area (Å²) in [6, 6.07) is 9.80. The Bertz CT molecular complexity index is 389. The van der Waals surface area contributed by atoms with Crippen LogP contribution in [0.4, 0.5) is 0 Å². The summed E-state index contributed by atoms with van der Waals surface area (Å²) in [6.45, 7) is 3.98. The maximum atomic E-state index is 11.3. The molecule has 0 saturated carbocycles. The molecule has 1 aromatic rings. The number of hydrogen-bond donors (Lipinski definition) is 0. The molecule has 0 aliphatic rings. The van der Waals surface area contributed by atoms with Gasteiger partial charge in [-0.05, 0) is 19.4 Å². The van der Waals surface area contributed by atoms with Crippen molar-refractivity contribution in [2.75, 3.05) is 0 Å². The van der Waals surface area contributed by atoms with Crippen LogP contribution in [0.2, 0.25) is 0 Å². The Balaban J connectivity index is 2.38. The van der Waals surface area contributed by atoms with E-state index >= 15 is 0 Å². The summed E-state index contributed by atoms with van der Waals surface area (Å²) in [5, 5.41) is 8.54. The highest BCUT2D eigenvalue weighted by atomic mass is 16.5. The highest BCUT2D eigenvalue weighted by Gasteiger charge is 2.09. The zero-order chi connectivity index (χ0) is 12.0. The molecule has 0 aliphatic carbocycles. The summed E-state index contributed by atoms with van der Waals surface area (Å²) >= 11 is 0. The van der Waals surface area contributed by atoms with Gasteiger partial charge in [0.2, 0.25) is 0 Å². The maximum Gasteiger partial charge on any atom is 0.307 e. The summed E-state index contributed by atoms with van der Waals surface area (Å²) in [6.07, 6.45) is 0.155. The number of nitrogens with zero attached hydrogens (tertiary/aromatic N) is 1. The molecular weight excluding hydrogens is 202 g/mol. The second kappa shape index (κ2) is 5.92. The van der Waals surface area contributed by atoms with Gasteiger partial charge in [0, 0.05) is 0 Å². The summed E-state index contributed by atoms with van der Waals surface area (Å²) in [7, 11) is 0. The minimum atomic E-state index is -0.324. The average Bonchev–Trinajstić information content (AvgIpc) is 2.28. The molecule has 0 saturated heterocycles. The van der Waals surface area contributed by atoms with Crippen molar-refractivity contribution in [3.8, 4) is 6.07 Å². The summed E-state index contributed by atoms with van der Waals surface area (Å²) in [5.74, 6) is -0.611. The second-order valence-electron chi connectivity index (χ2n) is 3.88. The molecule has 16 heavy (non-hydrogen) atoms. The van der Waals surface area contributed by atoms with E-state index in [1.807, 2.05) is 37.3 Å². The van der Waals surface area contributed by atoms with E-state index in [0.29, 0.717) is 0 Å². The molecule has 1 atom stereocenters. The van der Waals surface area contributed by atoms with Gasteiger partial charge in [0.15, 0.2) is 0 Å². The lowest BCUT2D eigenvalue weighted by Gasteiger charge is -2.05. The number of hydrogen-bond acceptors (Lipinski definition) is 3. The van der Waals surface area contributed by atoms with Crippen molar-refractivity contribution in [3.63, 3.8) is 0 Å². The van der Waals surface area contributed by atoms with Crippen molar-refractivity contribution >= 4 is 5.97 Å². The number of aryl methyl sites for hydroxylation is 1. The summed E-state index contributed by atoms with van der Waals surface area (Å²) in [4.78, 5) is 11.3. The van der Waals surface area contributed by atoms with Gasteiger partial charge in [-0.15, -0.1) is 0 Å². The van der Waals surface area contributed by atoms with Crippen molar-refractivity contribution in [3.05, 3.63) is 35.4 Å². The van der Waals surface area contributed by atoms with Crippen LogP contribution in [0, 0.1) is 24.2 Å². The first-order chi connectivity index (χ1) is 7.61. The quantitative estimate of drug-likeness (QED) is 0.728. The number of benzene rings is 1. The fourth-order valence-electron chi connectivity index (χ4n) is 1.20. The Kier molecular flexibility index (Phi) is 4.53. The van der Waals surface area contributed by atoms with Gasteiger partial charge in [0.1, 0.15) is 6.61 Å². The molecule has 0 aromatic heterocycles. The normalized spacial score (nSPS) is 11.6. The van der Waals surface area contributed by atoms with Crippen LogP contribution < -0.4 is 0 Å². The zero-order valence-electron chi connectivity index (χ0n) is 9.56. The van der Waals surface area contributed by atoms with E-state index in [-0.39, 0.29) is 24.9 Å². The zero-order valence-corrected chi connectivity index (χ0v) is 9.56. The van der Waals surface area contributed by atoms with Gasteiger partial charge in [-0.1, -0.05) is 29.8 Å². The van der Waals surface area contributed by atoms with Gasteiger partial charge in [-0.25, -0.2) is 0 Å². The molecule has 0 radical (unpaired) electrons. The Labute approximate surface area is 95.7 Å². The van der Waals surface area contributed by atoms with Crippen LogP contribution in [0.5, 0.6) is 0 Å². The van der Waals surface area contributed by atoms with Crippen molar-refractivity contribution in [1.29, 1.82) is 5.26 Å². The topological polar surface area (TPSA) is 50.1 Å². The third-order valence-corrected chi connectivity index (χ3v) is 2.21. The third-order valence-electron chi connectivity index (χ3n) is 2.21. The largest absolute Gasteiger partial charge is 0.461 e. The number of carbonyl (C=O) groups is 1. The molecule has 1 aromatic carbocycles. The number of nitriles is 1. The van der Waals surface area contributed by atoms with Crippen molar-refractivity contribution < 1.29 is 9.53 Å². The second-order valence-corrected chi connectivity index (χ2v) is 3.88. The molecule has 0 bridgehead atoms. The number of ether oxygens (including phenoxy) is 1. The van der Waals surface area contributed by atoms with Gasteiger partial charge < -0.3 is 4.74 Å². The first kappa shape index (κ1) is 12.3. The summed E-state index contributed by atoms with van der Waals surface area (Å²) < 4.78 is 5.05. The van der Waals surface area contributed by atoms with Gasteiger partial charge in [-0.2, -0.15) is 5.26 Å². The van der Waals surface area contributed by atoms with E-state index in [1.165, 1.54) is 5.56 Å². The van der Waals surface area contributed by atoms with E-state index in [9.17, 15) is 4.79 Å². The highest BCUT2D eigenvalue weighted by Crippen LogP contribution is 2.07. The number of esters is 1. The van der Waals surface area contributed by atoms with Crippen LogP contribution in [0.25, 0.3) is 0 Å². The van der Waals surface area contributed by atoms with Crippen LogP contribution in [0.3, 0.4) is 0 Å². The molecule has 1 rings (SSSR count). The van der Waals surface area contributed by atoms with Crippen LogP contribution in [0.15, 0.2) is 24.3 Å². The van der Waals surface area contributed by atoms with Crippen LogP contribution in [-0.4, -0.2) is 5.97 Å². The van der Waals surface area contributed by atoms with E-state index in [0.717, 1.165) is 5.56 Å². The molecule has 0 N–H and O–H groups in total. The molecular formula is C13H15NO2. The molecule has 3 heteroatoms. The first-order valence-electron chi connectivity index (χ1n) is 5.22. The highest BCUT2D eigenvalue weighted by molar-refractivity contribution is 5.70. The van der Waals surface area contributed by atoms with Crippen molar-refractivity contribution in [2.45, 2.75) is 26.9 Å². The van der Waals surface area contributed by atoms with E-state index < -0.39 is 0 Å². The van der Waals surface area contributed by atoms with Gasteiger partial charge in [0.05, 0.1) is 18.4 Å². The predicted molar refractivity (Wildman–Crippen MR) is 60.4 cm³/mol. The van der Waals surface area contributed by atoms with E-state index in [2.05, 4.69) is 0 Å². The van der Waals surface area contributed by atoms with Gasteiger partial charge in [-0.3, -0.25) is 4.79 Å². The lowest BCUT2D eigenvalue weighted by Crippen LogP contribution is -2.08. The smallest absolute Gasteiger partial charge is 0.307 e. The Hall–Kier alpha value is -1.82. The average molecular weight is 217 g/mol. The first-order valence-corrected chi connectivity index (χ1v) is 5.22. The number of carbonyl (C=O) groups excluding carboxylic acids is 1. The molecule has 3 nitrogen and oxygen atoms in total. The molecule has 0 aliphatic heterocycles. The molecule has 0 amide bonds. The Morgan fingerprint density at radius 2 is 2.06 bits per heavy atom. The molecule has 0 fully saturated rings. The Morgan fingerprint density at radius 1 is 1.44 bits per heavy atom. The Morgan fingerprint density at radius 3 is 2.62 bits per heavy atom. The lowest BCUT2D eigenvalue weighted by molar-refractivity contribution is -0.145. The fraction of sp³-hybridized carbons (Fsp3) is 0.385. The number of rotatable bonds is 4.